The van der Waals surface area contributed by atoms with Gasteiger partial charge in [-0.15, -0.1) is 0 Å². The molecule has 45 heavy (non-hydrogen) atoms. The largest absolute Gasteiger partial charge is 0.444 e. The molecule has 0 atom stereocenters. The number of aromatic nitrogens is 3. The van der Waals surface area contributed by atoms with E-state index in [1.54, 1.807) is 16.1 Å². The molecule has 0 spiro atoms. The van der Waals surface area contributed by atoms with Gasteiger partial charge in [0.15, 0.2) is 0 Å². The van der Waals surface area contributed by atoms with Crippen LogP contribution in [0, 0.1) is 0 Å². The van der Waals surface area contributed by atoms with Crippen LogP contribution in [-0.2, 0) is 20.9 Å². The maximum absolute atomic E-state index is 13.0. The molecular weight excluding hydrogens is 590 g/mol. The molecule has 0 radical (unpaired) electrons. The molecule has 2 aliphatic heterocycles. The number of benzene rings is 1. The molecule has 1 aromatic carbocycles. The predicted octanol–water partition coefficient (Wildman–Crippen LogP) is 5.33. The van der Waals surface area contributed by atoms with E-state index in [4.69, 9.17) is 14.2 Å². The predicted molar refractivity (Wildman–Crippen MR) is 178 cm³/mol. The van der Waals surface area contributed by atoms with Crippen LogP contribution in [0.3, 0.4) is 0 Å². The Hall–Kier alpha value is -3.68. The first-order valence-corrected chi connectivity index (χ1v) is 19.5. The summed E-state index contributed by atoms with van der Waals surface area (Å²) in [5, 5.41) is 3.98. The molecule has 2 aliphatic rings. The second-order valence-electron chi connectivity index (χ2n) is 13.8. The average Bonchev–Trinajstić information content (AvgIpc) is 3.37. The molecule has 2 aromatic heterocycles. The van der Waals surface area contributed by atoms with Crippen LogP contribution in [0.15, 0.2) is 36.7 Å². The molecule has 0 unspecified atom stereocenters. The summed E-state index contributed by atoms with van der Waals surface area (Å²) in [7, 11) is -1.23. The van der Waals surface area contributed by atoms with Gasteiger partial charge in [-0.2, -0.15) is 0 Å². The molecule has 0 aliphatic carbocycles. The Kier molecular flexibility index (Phi) is 9.99. The molecule has 3 aromatic rings. The molecule has 2 fully saturated rings. The van der Waals surface area contributed by atoms with Gasteiger partial charge < -0.3 is 38.8 Å². The lowest BCUT2D eigenvalue weighted by molar-refractivity contribution is 0.0174. The molecule has 0 saturated carbocycles. The van der Waals surface area contributed by atoms with Crippen molar-refractivity contribution >= 4 is 42.7 Å². The van der Waals surface area contributed by atoms with Crippen molar-refractivity contribution in [3.8, 4) is 11.3 Å². The van der Waals surface area contributed by atoms with Crippen LogP contribution in [0.25, 0.3) is 22.3 Å². The van der Waals surface area contributed by atoms with Crippen molar-refractivity contribution in [2.75, 3.05) is 69.3 Å². The van der Waals surface area contributed by atoms with Crippen molar-refractivity contribution < 1.29 is 23.8 Å². The van der Waals surface area contributed by atoms with Gasteiger partial charge in [-0.3, -0.25) is 0 Å². The minimum Gasteiger partial charge on any atom is -0.444 e. The number of nitrogens with zero attached hydrogens (tertiary/aromatic N) is 6. The van der Waals surface area contributed by atoms with Crippen LogP contribution in [0.1, 0.15) is 20.8 Å². The number of hydrogen-bond donors (Lipinski definition) is 1. The maximum Gasteiger partial charge on any atom is 0.410 e. The Morgan fingerprint density at radius 3 is 2.27 bits per heavy atom. The van der Waals surface area contributed by atoms with E-state index in [0.717, 1.165) is 47.2 Å². The monoisotopic (exact) mass is 637 g/mol. The fourth-order valence-corrected chi connectivity index (χ4v) is 6.08. The van der Waals surface area contributed by atoms with Crippen LogP contribution < -0.4 is 10.2 Å². The average molecular weight is 638 g/mol. The van der Waals surface area contributed by atoms with E-state index in [2.05, 4.69) is 50.5 Å². The smallest absolute Gasteiger partial charge is 0.410 e. The van der Waals surface area contributed by atoms with Gasteiger partial charge in [0.2, 0.25) is 0 Å². The van der Waals surface area contributed by atoms with Crippen molar-refractivity contribution in [3.05, 3.63) is 36.7 Å². The number of carbonyl (C=O) groups excluding carboxylic acids is 2. The third kappa shape index (κ3) is 8.53. The Labute approximate surface area is 266 Å². The molecule has 244 valence electrons. The summed E-state index contributed by atoms with van der Waals surface area (Å²) >= 11 is 0. The van der Waals surface area contributed by atoms with Crippen molar-refractivity contribution in [2.24, 2.45) is 0 Å². The summed E-state index contributed by atoms with van der Waals surface area (Å²) in [5.41, 5.74) is 2.94. The first-order chi connectivity index (χ1) is 21.4. The molecule has 13 heteroatoms. The number of hydrogen-bond acceptors (Lipinski definition) is 8. The Morgan fingerprint density at radius 2 is 1.62 bits per heavy atom. The lowest BCUT2D eigenvalue weighted by Crippen LogP contribution is -2.52. The van der Waals surface area contributed by atoms with Gasteiger partial charge >= 0.3 is 12.1 Å². The maximum atomic E-state index is 13.0. The third-order valence-electron chi connectivity index (χ3n) is 7.85. The van der Waals surface area contributed by atoms with E-state index < -0.39 is 13.7 Å². The highest BCUT2D eigenvalue weighted by molar-refractivity contribution is 6.76. The van der Waals surface area contributed by atoms with Gasteiger partial charge in [-0.05, 0) is 50.6 Å². The van der Waals surface area contributed by atoms with Crippen molar-refractivity contribution in [2.45, 2.75) is 58.8 Å². The van der Waals surface area contributed by atoms with Crippen molar-refractivity contribution in [3.63, 3.8) is 0 Å². The van der Waals surface area contributed by atoms with Crippen LogP contribution >= 0.6 is 0 Å². The van der Waals surface area contributed by atoms with E-state index >= 15 is 0 Å². The normalized spacial score (nSPS) is 16.3. The topological polar surface area (TPSA) is 114 Å². The van der Waals surface area contributed by atoms with Gasteiger partial charge in [-0.1, -0.05) is 31.8 Å². The van der Waals surface area contributed by atoms with Crippen molar-refractivity contribution in [1.29, 1.82) is 0 Å². The summed E-state index contributed by atoms with van der Waals surface area (Å²) in [6, 6.07) is 10.9. The second-order valence-corrected chi connectivity index (χ2v) is 19.4. The quantitative estimate of drug-likeness (QED) is 0.260. The number of urea groups is 1. The molecular formula is C32H47N7O5Si. The van der Waals surface area contributed by atoms with E-state index in [-0.39, 0.29) is 12.1 Å². The third-order valence-corrected chi connectivity index (χ3v) is 9.55. The lowest BCUT2D eigenvalue weighted by Gasteiger charge is -2.35. The van der Waals surface area contributed by atoms with Crippen LogP contribution in [0.4, 0.5) is 21.1 Å². The standard InChI is InChI=1S/C32H47N7O5Si/c1-32(2,3)44-31(41)38-13-11-37(12-14-38)30(40)35-25-9-7-24(8-10-25)27-21-26-28(36-15-17-42-18-16-36)33-22-34-29(26)39(27)23-43-19-20-45(4,5)6/h7-10,21-22H,11-20,23H2,1-6H3,(H,35,40). The van der Waals surface area contributed by atoms with E-state index in [1.165, 1.54) is 0 Å². The highest BCUT2D eigenvalue weighted by atomic mass is 28.3. The molecule has 4 heterocycles. The van der Waals surface area contributed by atoms with Gasteiger partial charge in [0.25, 0.3) is 0 Å². The number of morpholine rings is 1. The zero-order valence-corrected chi connectivity index (χ0v) is 28.5. The van der Waals surface area contributed by atoms with Crippen LogP contribution in [-0.4, -0.2) is 109 Å². The van der Waals surface area contributed by atoms with Gasteiger partial charge in [0.1, 0.15) is 30.1 Å². The second kappa shape index (κ2) is 13.8. The number of rotatable bonds is 8. The lowest BCUT2D eigenvalue weighted by atomic mass is 10.1. The number of nitrogens with one attached hydrogen (secondary N) is 1. The number of amides is 3. The minimum atomic E-state index is -1.23. The van der Waals surface area contributed by atoms with Crippen LogP contribution in [0.2, 0.25) is 25.7 Å². The number of carbonyl (C=O) groups is 2. The van der Waals surface area contributed by atoms with Gasteiger partial charge in [-0.25, -0.2) is 19.6 Å². The summed E-state index contributed by atoms with van der Waals surface area (Å²) in [4.78, 5) is 40.4. The van der Waals surface area contributed by atoms with E-state index in [0.29, 0.717) is 58.4 Å². The summed E-state index contributed by atoms with van der Waals surface area (Å²) < 4.78 is 19.4. The zero-order valence-electron chi connectivity index (χ0n) is 27.5. The van der Waals surface area contributed by atoms with Gasteiger partial charge in [0.05, 0.1) is 24.3 Å². The van der Waals surface area contributed by atoms with E-state index in [1.807, 2.05) is 45.0 Å². The highest BCUT2D eigenvalue weighted by Crippen LogP contribution is 2.33. The summed E-state index contributed by atoms with van der Waals surface area (Å²) in [6.07, 6.45) is 1.28. The fraction of sp³-hybridized carbons (Fsp3) is 0.562. The SMILES string of the molecule is CC(C)(C)OC(=O)N1CCN(C(=O)Nc2ccc(-c3cc4c(N5CCOCC5)ncnc4n3COCC[Si](C)(C)C)cc2)CC1. The number of anilines is 2. The number of fused-ring (bicyclic) bond motifs is 1. The zero-order chi connectivity index (χ0) is 32.2. The number of piperazine rings is 1. The molecule has 2 saturated heterocycles. The first kappa shape index (κ1) is 32.7. The molecule has 5 rings (SSSR count). The summed E-state index contributed by atoms with van der Waals surface area (Å²) in [6.45, 7) is 18.3. The summed E-state index contributed by atoms with van der Waals surface area (Å²) in [5.74, 6) is 0.904. The highest BCUT2D eigenvalue weighted by Gasteiger charge is 2.28. The molecule has 1 N–H and O–H groups in total. The van der Waals surface area contributed by atoms with Gasteiger partial charge in [0, 0.05) is 59.6 Å². The fourth-order valence-electron chi connectivity index (χ4n) is 5.33. The Bertz CT molecular complexity index is 1470. The molecule has 12 nitrogen and oxygen atoms in total. The minimum absolute atomic E-state index is 0.193. The Morgan fingerprint density at radius 1 is 0.956 bits per heavy atom. The van der Waals surface area contributed by atoms with Crippen molar-refractivity contribution in [1.82, 2.24) is 24.3 Å². The first-order valence-electron chi connectivity index (χ1n) is 15.8. The molecule has 3 amide bonds. The molecule has 0 bridgehead atoms. The number of ether oxygens (including phenoxy) is 3. The van der Waals surface area contributed by atoms with E-state index in [9.17, 15) is 9.59 Å². The Balaban J connectivity index is 1.30. The van der Waals surface area contributed by atoms with Crippen LogP contribution in [0.5, 0.6) is 0 Å².